The van der Waals surface area contributed by atoms with E-state index in [-0.39, 0.29) is 11.8 Å². The summed E-state index contributed by atoms with van der Waals surface area (Å²) in [6.07, 6.45) is 0. The number of hydrogen-bond donors (Lipinski definition) is 2. The molecule has 0 bridgehead atoms. The lowest BCUT2D eigenvalue weighted by Gasteiger charge is -2.34. The number of fused-ring (bicyclic) bond motifs is 1. The monoisotopic (exact) mass is 657 g/mol. The molecule has 2 fully saturated rings. The normalized spacial score (nSPS) is 16.5. The minimum Gasteiger partial charge on any atom is -0.436 e. The van der Waals surface area contributed by atoms with Crippen LogP contribution in [0.4, 0.5) is 11.4 Å². The number of rotatable bonds is 11. The molecule has 0 unspecified atom stereocenters. The predicted octanol–water partition coefficient (Wildman–Crippen LogP) is 5.01. The number of aromatic nitrogens is 1. The smallest absolute Gasteiger partial charge is 0.238 e. The van der Waals surface area contributed by atoms with E-state index >= 15 is 0 Å². The van der Waals surface area contributed by atoms with Gasteiger partial charge in [0.15, 0.2) is 5.58 Å². The van der Waals surface area contributed by atoms with E-state index < -0.39 is 0 Å². The van der Waals surface area contributed by atoms with E-state index in [2.05, 4.69) is 83.7 Å². The molecule has 49 heavy (non-hydrogen) atoms. The number of carbonyl (C=O) groups excluding carboxylic acids is 2. The van der Waals surface area contributed by atoms with Crippen LogP contribution in [0.3, 0.4) is 0 Å². The van der Waals surface area contributed by atoms with Crippen LogP contribution < -0.4 is 10.6 Å². The van der Waals surface area contributed by atoms with Crippen LogP contribution in [0.5, 0.6) is 0 Å². The molecule has 1 aromatic heterocycles. The first-order valence-electron chi connectivity index (χ1n) is 17.1. The number of amides is 2. The highest BCUT2D eigenvalue weighted by molar-refractivity contribution is 5.94. The van der Waals surface area contributed by atoms with Crippen molar-refractivity contribution in [1.82, 2.24) is 24.6 Å². The molecule has 3 heterocycles. The Labute approximate surface area is 287 Å². The number of anilines is 2. The highest BCUT2D eigenvalue weighted by atomic mass is 16.3. The molecule has 0 aliphatic carbocycles. The quantitative estimate of drug-likeness (QED) is 0.205. The first-order valence-corrected chi connectivity index (χ1v) is 17.1. The number of nitrogens with one attached hydrogen (secondary N) is 2. The van der Waals surface area contributed by atoms with Gasteiger partial charge in [0.1, 0.15) is 5.52 Å². The highest BCUT2D eigenvalue weighted by Crippen LogP contribution is 2.27. The minimum absolute atomic E-state index is 0.0222. The van der Waals surface area contributed by atoms with Crippen LogP contribution in [0, 0.1) is 0 Å². The van der Waals surface area contributed by atoms with Crippen LogP contribution in [0.1, 0.15) is 11.1 Å². The van der Waals surface area contributed by atoms with Gasteiger partial charge in [0, 0.05) is 82.4 Å². The Balaban J connectivity index is 0.858. The van der Waals surface area contributed by atoms with Crippen LogP contribution in [0.15, 0.2) is 108 Å². The molecule has 2 amide bonds. The lowest BCUT2D eigenvalue weighted by Crippen LogP contribution is -2.48. The number of piperazine rings is 2. The van der Waals surface area contributed by atoms with Crippen molar-refractivity contribution in [2.24, 2.45) is 0 Å². The summed E-state index contributed by atoms with van der Waals surface area (Å²) in [5.41, 5.74) is 6.18. The molecule has 0 radical (unpaired) electrons. The molecular weight excluding hydrogens is 614 g/mol. The second-order valence-corrected chi connectivity index (χ2v) is 13.0. The van der Waals surface area contributed by atoms with Crippen molar-refractivity contribution in [3.05, 3.63) is 114 Å². The van der Waals surface area contributed by atoms with Crippen molar-refractivity contribution >= 4 is 34.3 Å². The molecule has 2 N–H and O–H groups in total. The zero-order valence-corrected chi connectivity index (χ0v) is 27.8. The van der Waals surface area contributed by atoms with Gasteiger partial charge < -0.3 is 15.1 Å². The summed E-state index contributed by atoms with van der Waals surface area (Å²) in [6.45, 7) is 9.85. The summed E-state index contributed by atoms with van der Waals surface area (Å²) in [5.74, 6) is 0.423. The van der Waals surface area contributed by atoms with Crippen molar-refractivity contribution in [2.75, 3.05) is 76.1 Å². The fraction of sp³-hybridized carbons (Fsp3) is 0.308. The Morgan fingerprint density at radius 1 is 0.571 bits per heavy atom. The maximum atomic E-state index is 12.9. The molecule has 0 atom stereocenters. The number of benzene rings is 4. The molecule has 5 aromatic rings. The molecule has 4 aromatic carbocycles. The van der Waals surface area contributed by atoms with Gasteiger partial charge in [0.2, 0.25) is 17.7 Å². The van der Waals surface area contributed by atoms with Gasteiger partial charge in [-0.3, -0.25) is 29.2 Å². The van der Waals surface area contributed by atoms with Crippen molar-refractivity contribution in [2.45, 2.75) is 13.1 Å². The maximum absolute atomic E-state index is 12.9. The Bertz CT molecular complexity index is 1830. The SMILES string of the molecule is O=C(CN1CCN(Cc2ccccc2)CC1)Nc1ccc(-c2nc3cc(NC(=O)CN4CCN(Cc5ccccc5)CC4)ccc3o2)cc1. The zero-order chi connectivity index (χ0) is 33.4. The van der Waals surface area contributed by atoms with Crippen molar-refractivity contribution in [1.29, 1.82) is 0 Å². The summed E-state index contributed by atoms with van der Waals surface area (Å²) < 4.78 is 6.02. The van der Waals surface area contributed by atoms with Crippen LogP contribution in [0.25, 0.3) is 22.6 Å². The van der Waals surface area contributed by atoms with E-state index in [4.69, 9.17) is 4.42 Å². The first kappa shape index (κ1) is 32.7. The third-order valence-electron chi connectivity index (χ3n) is 9.25. The van der Waals surface area contributed by atoms with Crippen LogP contribution in [0.2, 0.25) is 0 Å². The predicted molar refractivity (Wildman–Crippen MR) is 193 cm³/mol. The van der Waals surface area contributed by atoms with E-state index in [1.165, 1.54) is 11.1 Å². The molecule has 10 heteroatoms. The zero-order valence-electron chi connectivity index (χ0n) is 27.8. The van der Waals surface area contributed by atoms with Crippen molar-refractivity contribution < 1.29 is 14.0 Å². The highest BCUT2D eigenvalue weighted by Gasteiger charge is 2.21. The van der Waals surface area contributed by atoms with E-state index in [1.807, 2.05) is 54.6 Å². The van der Waals surface area contributed by atoms with Crippen LogP contribution >= 0.6 is 0 Å². The molecule has 7 rings (SSSR count). The van der Waals surface area contributed by atoms with E-state index in [0.29, 0.717) is 35.8 Å². The van der Waals surface area contributed by atoms with Crippen molar-refractivity contribution in [3.8, 4) is 11.5 Å². The lowest BCUT2D eigenvalue weighted by molar-refractivity contribution is -0.118. The standard InChI is InChI=1S/C39H43N7O3/c47-37(28-45-21-17-43(18-22-45)26-30-7-3-1-4-8-30)40-33-13-11-32(12-14-33)39-42-35-25-34(15-16-36(35)49-39)41-38(48)29-46-23-19-44(20-24-46)27-31-9-5-2-6-10-31/h1-16,25H,17-24,26-29H2,(H,40,47)(H,41,48). The van der Waals surface area contributed by atoms with Gasteiger partial charge in [0.25, 0.3) is 0 Å². The summed E-state index contributed by atoms with van der Waals surface area (Å²) in [4.78, 5) is 39.6. The summed E-state index contributed by atoms with van der Waals surface area (Å²) >= 11 is 0. The fourth-order valence-corrected chi connectivity index (χ4v) is 6.53. The summed E-state index contributed by atoms with van der Waals surface area (Å²) in [7, 11) is 0. The molecule has 0 spiro atoms. The summed E-state index contributed by atoms with van der Waals surface area (Å²) in [6, 6.07) is 34.0. The second kappa shape index (κ2) is 15.6. The topological polar surface area (TPSA) is 97.2 Å². The third kappa shape index (κ3) is 8.98. The van der Waals surface area contributed by atoms with Gasteiger partial charge in [0.05, 0.1) is 13.1 Å². The second-order valence-electron chi connectivity index (χ2n) is 13.0. The van der Waals surface area contributed by atoms with Gasteiger partial charge in [-0.15, -0.1) is 0 Å². The fourth-order valence-electron chi connectivity index (χ4n) is 6.53. The average Bonchev–Trinajstić information content (AvgIpc) is 3.55. The Morgan fingerprint density at radius 2 is 1.04 bits per heavy atom. The molecule has 10 nitrogen and oxygen atoms in total. The van der Waals surface area contributed by atoms with Gasteiger partial charge in [-0.05, 0) is 53.6 Å². The van der Waals surface area contributed by atoms with E-state index in [9.17, 15) is 9.59 Å². The van der Waals surface area contributed by atoms with Gasteiger partial charge in [-0.1, -0.05) is 60.7 Å². The molecule has 0 saturated carbocycles. The van der Waals surface area contributed by atoms with Gasteiger partial charge >= 0.3 is 0 Å². The van der Waals surface area contributed by atoms with Gasteiger partial charge in [-0.2, -0.15) is 0 Å². The van der Waals surface area contributed by atoms with Crippen LogP contribution in [-0.2, 0) is 22.7 Å². The minimum atomic E-state index is -0.0393. The molecule has 252 valence electrons. The average molecular weight is 658 g/mol. The molecular formula is C39H43N7O3. The third-order valence-corrected chi connectivity index (χ3v) is 9.25. The largest absolute Gasteiger partial charge is 0.436 e. The van der Waals surface area contributed by atoms with Crippen molar-refractivity contribution in [3.63, 3.8) is 0 Å². The van der Waals surface area contributed by atoms with E-state index in [1.54, 1.807) is 0 Å². The molecule has 2 aliphatic rings. The molecule has 2 aliphatic heterocycles. The first-order chi connectivity index (χ1) is 24.0. The Morgan fingerprint density at radius 3 is 1.57 bits per heavy atom. The summed E-state index contributed by atoms with van der Waals surface area (Å²) in [5, 5.41) is 6.05. The Kier molecular flexibility index (Phi) is 10.4. The maximum Gasteiger partial charge on any atom is 0.238 e. The Hall–Kier alpha value is -4.87. The van der Waals surface area contributed by atoms with Gasteiger partial charge in [-0.25, -0.2) is 4.98 Å². The lowest BCUT2D eigenvalue weighted by atomic mass is 10.2. The van der Waals surface area contributed by atoms with E-state index in [0.717, 1.165) is 76.7 Å². The number of nitrogens with zero attached hydrogens (tertiary/aromatic N) is 5. The number of hydrogen-bond acceptors (Lipinski definition) is 8. The number of oxazole rings is 1. The number of carbonyl (C=O) groups is 2. The van der Waals surface area contributed by atoms with Crippen LogP contribution in [-0.4, -0.2) is 102 Å². The molecule has 2 saturated heterocycles.